The Labute approximate surface area is 216 Å². The maximum Gasteiger partial charge on any atom is 0.407 e. The quantitative estimate of drug-likeness (QED) is 0.377. The van der Waals surface area contributed by atoms with Crippen LogP contribution in [0.25, 0.3) is 5.70 Å². The number of aliphatic carboxylic acids is 1. The molecule has 3 heterocycles. The normalized spacial score (nSPS) is 20.4. The van der Waals surface area contributed by atoms with E-state index in [4.69, 9.17) is 20.7 Å². The van der Waals surface area contributed by atoms with Gasteiger partial charge in [0, 0.05) is 24.9 Å². The number of carbonyl (C=O) groups is 2. The van der Waals surface area contributed by atoms with E-state index in [1.165, 1.54) is 5.57 Å². The van der Waals surface area contributed by atoms with Crippen molar-refractivity contribution in [2.45, 2.75) is 63.5 Å². The first kappa shape index (κ1) is 26.3. The largest absolute Gasteiger partial charge is 0.480 e. The van der Waals surface area contributed by atoms with E-state index in [1.54, 1.807) is 12.4 Å². The number of alkyl carbamates (subject to hydrolysis) is 1. The average Bonchev–Trinajstić information content (AvgIpc) is 2.90. The second-order valence-electron chi connectivity index (χ2n) is 9.36. The molecule has 10 heteroatoms. The summed E-state index contributed by atoms with van der Waals surface area (Å²) in [7, 11) is 0. The second kappa shape index (κ2) is 13.0. The van der Waals surface area contributed by atoms with E-state index >= 15 is 0 Å². The molecule has 4 rings (SSSR count). The molecule has 0 aromatic carbocycles. The Balaban J connectivity index is 1.39. The van der Waals surface area contributed by atoms with Crippen LogP contribution in [0, 0.1) is 5.92 Å². The van der Waals surface area contributed by atoms with Crippen molar-refractivity contribution < 1.29 is 19.4 Å². The molecule has 10 nitrogen and oxygen atoms in total. The number of nitrogens with one attached hydrogen (secondary N) is 2. The lowest BCUT2D eigenvalue weighted by atomic mass is 9.79. The van der Waals surface area contributed by atoms with Gasteiger partial charge in [0.1, 0.15) is 12.1 Å². The molecule has 2 aliphatic rings. The maximum atomic E-state index is 12.4. The molecule has 0 bridgehead atoms. The number of ether oxygens (including phenoxy) is 1. The van der Waals surface area contributed by atoms with Crippen molar-refractivity contribution in [3.63, 3.8) is 0 Å². The number of fused-ring (bicyclic) bond motifs is 1. The summed E-state index contributed by atoms with van der Waals surface area (Å²) in [6.45, 7) is 0.419. The number of allylic oxidation sites excluding steroid dienone is 1. The Kier molecular flexibility index (Phi) is 9.20. The zero-order valence-electron chi connectivity index (χ0n) is 20.8. The summed E-state index contributed by atoms with van der Waals surface area (Å²) in [6, 6.07) is 10.8. The van der Waals surface area contributed by atoms with Crippen molar-refractivity contribution in [2.24, 2.45) is 16.8 Å². The van der Waals surface area contributed by atoms with Crippen LogP contribution in [0.5, 0.6) is 0 Å². The van der Waals surface area contributed by atoms with Gasteiger partial charge in [-0.15, -0.1) is 0 Å². The van der Waals surface area contributed by atoms with Crippen LogP contribution in [0.15, 0.2) is 59.5 Å². The molecule has 1 unspecified atom stereocenters. The average molecular weight is 507 g/mol. The number of hydrogen-bond acceptors (Lipinski definition) is 8. The first-order chi connectivity index (χ1) is 18.0. The monoisotopic (exact) mass is 506 g/mol. The van der Waals surface area contributed by atoms with Gasteiger partial charge in [-0.25, -0.2) is 4.79 Å². The number of carboxylic acids is 1. The Bertz CT molecular complexity index is 1120. The predicted molar refractivity (Wildman–Crippen MR) is 139 cm³/mol. The third-order valence-corrected chi connectivity index (χ3v) is 6.77. The lowest BCUT2D eigenvalue weighted by Gasteiger charge is -2.32. The van der Waals surface area contributed by atoms with Crippen LogP contribution < -0.4 is 16.5 Å². The van der Waals surface area contributed by atoms with Crippen molar-refractivity contribution in [3.8, 4) is 0 Å². The highest BCUT2D eigenvalue weighted by molar-refractivity contribution is 6.04. The molecule has 0 spiro atoms. The van der Waals surface area contributed by atoms with E-state index in [0.29, 0.717) is 32.2 Å². The highest BCUT2D eigenvalue weighted by Crippen LogP contribution is 2.37. The van der Waals surface area contributed by atoms with E-state index in [2.05, 4.69) is 20.7 Å². The van der Waals surface area contributed by atoms with Gasteiger partial charge in [-0.3, -0.25) is 20.2 Å². The number of nitrogens with two attached hydrogens (primary N) is 1. The number of nitrogens with zero attached hydrogens (tertiary/aromatic N) is 3. The number of carbonyl (C=O) groups excluding carboxylic acids is 1. The van der Waals surface area contributed by atoms with Crippen molar-refractivity contribution in [1.82, 2.24) is 20.7 Å². The molecular formula is C27H34N6O4. The SMILES string of the molecule is N[C@@H](CCCCNC(=O)O[C@H]1CCCC2C(c3ccccn3)=NNC(c3ccccn3)=C2CC1)C(=O)O. The molecule has 37 heavy (non-hydrogen) atoms. The fourth-order valence-electron chi connectivity index (χ4n) is 4.82. The van der Waals surface area contributed by atoms with Crippen molar-refractivity contribution in [3.05, 3.63) is 65.8 Å². The van der Waals surface area contributed by atoms with Crippen molar-refractivity contribution in [2.75, 3.05) is 6.54 Å². The summed E-state index contributed by atoms with van der Waals surface area (Å²) < 4.78 is 5.75. The summed E-state index contributed by atoms with van der Waals surface area (Å²) in [6.07, 6.45) is 8.49. The number of pyridine rings is 2. The fourth-order valence-corrected chi connectivity index (χ4v) is 4.82. The van der Waals surface area contributed by atoms with Crippen molar-refractivity contribution in [1.29, 1.82) is 0 Å². The number of hydrogen-bond donors (Lipinski definition) is 4. The topological polar surface area (TPSA) is 152 Å². The molecule has 1 fully saturated rings. The van der Waals surface area contributed by atoms with Gasteiger partial charge in [-0.1, -0.05) is 12.1 Å². The van der Waals surface area contributed by atoms with Crippen LogP contribution in [0.1, 0.15) is 62.8 Å². The zero-order valence-corrected chi connectivity index (χ0v) is 20.8. The number of carboxylic acid groups (broad SMARTS) is 1. The third kappa shape index (κ3) is 7.13. The highest BCUT2D eigenvalue weighted by atomic mass is 16.6. The van der Waals surface area contributed by atoms with E-state index < -0.39 is 18.1 Å². The lowest BCUT2D eigenvalue weighted by Crippen LogP contribution is -2.34. The molecule has 196 valence electrons. The highest BCUT2D eigenvalue weighted by Gasteiger charge is 2.32. The van der Waals surface area contributed by atoms with Gasteiger partial charge < -0.3 is 20.9 Å². The number of aromatic nitrogens is 2. The Hall–Kier alpha value is -3.79. The zero-order chi connectivity index (χ0) is 26.0. The summed E-state index contributed by atoms with van der Waals surface area (Å²) >= 11 is 0. The lowest BCUT2D eigenvalue weighted by molar-refractivity contribution is -0.138. The molecular weight excluding hydrogens is 472 g/mol. The summed E-state index contributed by atoms with van der Waals surface area (Å²) in [4.78, 5) is 32.3. The standard InChI is InChI=1S/C27H34N6O4/c28-21(26(34)35)10-1-4-17-31-27(36)37-18-8-7-9-19-20(14-13-18)25(23-12-3-6-16-30-23)33-32-24(19)22-11-2-5-15-29-22/h2-3,5-6,11-12,15-16,18-19,21,33H,1,4,7-10,13-14,17,28H2,(H,31,36)(H,34,35)/t18-,19?,21-/m0/s1. The molecule has 5 N–H and O–H groups in total. The number of rotatable bonds is 9. The summed E-state index contributed by atoms with van der Waals surface area (Å²) in [5.74, 6) is -0.896. The van der Waals surface area contributed by atoms with Crippen LogP contribution in [-0.2, 0) is 9.53 Å². The minimum atomic E-state index is -1.01. The van der Waals surface area contributed by atoms with Gasteiger partial charge in [0.2, 0.25) is 0 Å². The maximum absolute atomic E-state index is 12.4. The van der Waals surface area contributed by atoms with Gasteiger partial charge in [-0.05, 0) is 81.2 Å². The van der Waals surface area contributed by atoms with Crippen LogP contribution in [0.2, 0.25) is 0 Å². The first-order valence-electron chi connectivity index (χ1n) is 12.8. The fraction of sp³-hybridized carbons (Fsp3) is 0.444. The second-order valence-corrected chi connectivity index (χ2v) is 9.36. The third-order valence-electron chi connectivity index (χ3n) is 6.77. The van der Waals surface area contributed by atoms with Crippen LogP contribution >= 0.6 is 0 Å². The Morgan fingerprint density at radius 3 is 2.54 bits per heavy atom. The van der Waals surface area contributed by atoms with E-state index in [0.717, 1.165) is 48.5 Å². The molecule has 1 amide bonds. The molecule has 0 radical (unpaired) electrons. The van der Waals surface area contributed by atoms with E-state index in [9.17, 15) is 9.59 Å². The Morgan fingerprint density at radius 1 is 1.08 bits per heavy atom. The minimum Gasteiger partial charge on any atom is -0.480 e. The molecule has 3 atom stereocenters. The summed E-state index contributed by atoms with van der Waals surface area (Å²) in [5.41, 5.74) is 13.5. The molecule has 2 aromatic rings. The molecule has 1 aliphatic carbocycles. The summed E-state index contributed by atoms with van der Waals surface area (Å²) in [5, 5.41) is 16.3. The van der Waals surface area contributed by atoms with Gasteiger partial charge in [0.15, 0.2) is 0 Å². The molecule has 1 saturated carbocycles. The number of amides is 1. The smallest absolute Gasteiger partial charge is 0.407 e. The predicted octanol–water partition coefficient (Wildman–Crippen LogP) is 3.45. The van der Waals surface area contributed by atoms with E-state index in [1.807, 2.05) is 36.4 Å². The van der Waals surface area contributed by atoms with Crippen LogP contribution in [-0.4, -0.2) is 51.5 Å². The number of unbranched alkanes of at least 4 members (excludes halogenated alkanes) is 1. The Morgan fingerprint density at radius 2 is 1.84 bits per heavy atom. The molecule has 0 saturated heterocycles. The molecule has 2 aromatic heterocycles. The van der Waals surface area contributed by atoms with Gasteiger partial charge in [-0.2, -0.15) is 5.10 Å². The van der Waals surface area contributed by atoms with Gasteiger partial charge in [0.05, 0.1) is 22.8 Å². The van der Waals surface area contributed by atoms with Crippen molar-refractivity contribution >= 4 is 23.5 Å². The number of hydrazone groups is 1. The first-order valence-corrected chi connectivity index (χ1v) is 12.8. The van der Waals surface area contributed by atoms with E-state index in [-0.39, 0.29) is 12.0 Å². The van der Waals surface area contributed by atoms with Gasteiger partial charge in [0.25, 0.3) is 0 Å². The van der Waals surface area contributed by atoms with Gasteiger partial charge >= 0.3 is 12.1 Å². The van der Waals surface area contributed by atoms with Crippen LogP contribution in [0.4, 0.5) is 4.79 Å². The molecule has 1 aliphatic heterocycles. The van der Waals surface area contributed by atoms with Crippen LogP contribution in [0.3, 0.4) is 0 Å². The minimum absolute atomic E-state index is 0.111.